The Balaban J connectivity index is 3.29. The van der Waals surface area contributed by atoms with Gasteiger partial charge >= 0.3 is 0 Å². The predicted molar refractivity (Wildman–Crippen MR) is 37.7 cm³/mol. The lowest BCUT2D eigenvalue weighted by Crippen LogP contribution is -1.51. The average Bonchev–Trinajstić information content (AvgIpc) is 1.81. The van der Waals surface area contributed by atoms with E-state index in [1.54, 1.807) is 6.08 Å². The van der Waals surface area contributed by atoms with E-state index in [0.29, 0.717) is 0 Å². The highest BCUT2D eigenvalue weighted by Gasteiger charge is 1.62. The third-order valence-corrected chi connectivity index (χ3v) is 0.670. The van der Waals surface area contributed by atoms with Crippen LogP contribution >= 0.6 is 0 Å². The standard InChI is InChI=1S/C8H10/c1-3-5-7-8-6-4-2/h3,5-7H,1-2,8H2/b7-5+. The molecule has 0 aromatic carbocycles. The van der Waals surface area contributed by atoms with Crippen molar-refractivity contribution in [3.63, 3.8) is 0 Å². The summed E-state index contributed by atoms with van der Waals surface area (Å²) in [6, 6.07) is 0. The van der Waals surface area contributed by atoms with Gasteiger partial charge in [-0.05, 0) is 12.5 Å². The van der Waals surface area contributed by atoms with Gasteiger partial charge in [-0.2, -0.15) is 0 Å². The van der Waals surface area contributed by atoms with Gasteiger partial charge in [-0.15, -0.1) is 5.73 Å². The normalized spacial score (nSPS) is 8.50. The van der Waals surface area contributed by atoms with Crippen LogP contribution < -0.4 is 0 Å². The minimum atomic E-state index is 0.898. The average molecular weight is 106 g/mol. The maximum atomic E-state index is 3.52. The summed E-state index contributed by atoms with van der Waals surface area (Å²) >= 11 is 0. The topological polar surface area (TPSA) is 0 Å². The Labute approximate surface area is 50.5 Å². The summed E-state index contributed by atoms with van der Waals surface area (Å²) in [4.78, 5) is 0. The summed E-state index contributed by atoms with van der Waals surface area (Å²) in [5.41, 5.74) is 2.67. The summed E-state index contributed by atoms with van der Waals surface area (Å²) < 4.78 is 0. The lowest BCUT2D eigenvalue weighted by atomic mass is 10.3. The molecule has 0 N–H and O–H groups in total. The molecule has 0 unspecified atom stereocenters. The van der Waals surface area contributed by atoms with Crippen molar-refractivity contribution in [1.29, 1.82) is 0 Å². The van der Waals surface area contributed by atoms with Crippen molar-refractivity contribution in [3.05, 3.63) is 43.2 Å². The van der Waals surface area contributed by atoms with Gasteiger partial charge in [-0.1, -0.05) is 31.4 Å². The van der Waals surface area contributed by atoms with Crippen LogP contribution in [0.5, 0.6) is 0 Å². The monoisotopic (exact) mass is 106 g/mol. The van der Waals surface area contributed by atoms with Crippen molar-refractivity contribution < 1.29 is 0 Å². The first-order valence-corrected chi connectivity index (χ1v) is 2.53. The summed E-state index contributed by atoms with van der Waals surface area (Å²) in [5, 5.41) is 0. The number of hydrogen-bond acceptors (Lipinski definition) is 0. The Kier molecular flexibility index (Phi) is 5.25. The van der Waals surface area contributed by atoms with Crippen molar-refractivity contribution in [2.75, 3.05) is 0 Å². The molecule has 0 aliphatic rings. The first-order valence-electron chi connectivity index (χ1n) is 2.53. The van der Waals surface area contributed by atoms with Gasteiger partial charge in [-0.3, -0.25) is 0 Å². The summed E-state index contributed by atoms with van der Waals surface area (Å²) in [7, 11) is 0. The van der Waals surface area contributed by atoms with Crippen LogP contribution in [0.2, 0.25) is 0 Å². The molecule has 0 heteroatoms. The third kappa shape index (κ3) is 5.00. The second-order valence-electron chi connectivity index (χ2n) is 1.31. The lowest BCUT2D eigenvalue weighted by molar-refractivity contribution is 1.40. The zero-order valence-corrected chi connectivity index (χ0v) is 4.93. The molecule has 0 saturated heterocycles. The van der Waals surface area contributed by atoms with Crippen molar-refractivity contribution >= 4 is 0 Å². The van der Waals surface area contributed by atoms with Crippen LogP contribution in [0.15, 0.2) is 43.2 Å². The fourth-order valence-electron chi connectivity index (χ4n) is 0.326. The molecule has 0 spiro atoms. The van der Waals surface area contributed by atoms with Crippen LogP contribution in [0.1, 0.15) is 6.42 Å². The van der Waals surface area contributed by atoms with Gasteiger partial charge in [0.2, 0.25) is 0 Å². The van der Waals surface area contributed by atoms with Gasteiger partial charge in [0.25, 0.3) is 0 Å². The second kappa shape index (κ2) is 6.00. The number of allylic oxidation sites excluding steroid dienone is 4. The molecule has 0 saturated carbocycles. The zero-order valence-electron chi connectivity index (χ0n) is 4.93. The maximum Gasteiger partial charge on any atom is -0.00900 e. The van der Waals surface area contributed by atoms with Crippen LogP contribution in [0.3, 0.4) is 0 Å². The van der Waals surface area contributed by atoms with Crippen LogP contribution in [-0.2, 0) is 0 Å². The highest BCUT2D eigenvalue weighted by molar-refractivity contribution is 5.00. The molecule has 0 radical (unpaired) electrons. The maximum absolute atomic E-state index is 3.52. The molecule has 0 atom stereocenters. The van der Waals surface area contributed by atoms with Gasteiger partial charge in [0, 0.05) is 0 Å². The summed E-state index contributed by atoms with van der Waals surface area (Å²) in [6.07, 6.45) is 8.39. The van der Waals surface area contributed by atoms with Crippen molar-refractivity contribution in [1.82, 2.24) is 0 Å². The highest BCUT2D eigenvalue weighted by Crippen LogP contribution is 1.82. The second-order valence-corrected chi connectivity index (χ2v) is 1.31. The Morgan fingerprint density at radius 2 is 2.25 bits per heavy atom. The highest BCUT2D eigenvalue weighted by atomic mass is 13.7. The SMILES string of the molecule is C=C=CC/C=C/C=C. The molecule has 0 bridgehead atoms. The van der Waals surface area contributed by atoms with Gasteiger partial charge in [0.1, 0.15) is 0 Å². The van der Waals surface area contributed by atoms with Crippen molar-refractivity contribution in [2.45, 2.75) is 6.42 Å². The molecule has 0 aromatic heterocycles. The predicted octanol–water partition coefficient (Wildman–Crippen LogP) is 2.46. The van der Waals surface area contributed by atoms with Crippen LogP contribution in [0.25, 0.3) is 0 Å². The van der Waals surface area contributed by atoms with E-state index in [1.807, 2.05) is 18.2 Å². The lowest BCUT2D eigenvalue weighted by Gasteiger charge is -1.71. The molecule has 42 valence electrons. The molecule has 0 heterocycles. The number of rotatable bonds is 3. The van der Waals surface area contributed by atoms with Crippen LogP contribution in [0, 0.1) is 0 Å². The van der Waals surface area contributed by atoms with E-state index in [4.69, 9.17) is 0 Å². The van der Waals surface area contributed by atoms with E-state index in [9.17, 15) is 0 Å². The molecule has 0 nitrogen and oxygen atoms in total. The first-order chi connectivity index (χ1) is 3.91. The molecule has 0 aromatic rings. The van der Waals surface area contributed by atoms with Crippen molar-refractivity contribution in [2.24, 2.45) is 0 Å². The zero-order chi connectivity index (χ0) is 6.24. The smallest absolute Gasteiger partial charge is 0.00900 e. The molecule has 0 fully saturated rings. The Hall–Kier alpha value is -1.00. The molecular weight excluding hydrogens is 96.1 g/mol. The van der Waals surface area contributed by atoms with Gasteiger partial charge < -0.3 is 0 Å². The Morgan fingerprint density at radius 1 is 1.50 bits per heavy atom. The summed E-state index contributed by atoms with van der Waals surface area (Å²) in [5.74, 6) is 0. The third-order valence-electron chi connectivity index (χ3n) is 0.670. The largest absolute Gasteiger partial charge is 0.133 e. The van der Waals surface area contributed by atoms with E-state index in [-0.39, 0.29) is 0 Å². The van der Waals surface area contributed by atoms with E-state index >= 15 is 0 Å². The van der Waals surface area contributed by atoms with E-state index in [2.05, 4.69) is 18.9 Å². The molecular formula is C8H10. The van der Waals surface area contributed by atoms with Crippen molar-refractivity contribution in [3.8, 4) is 0 Å². The van der Waals surface area contributed by atoms with Gasteiger partial charge in [-0.25, -0.2) is 0 Å². The fraction of sp³-hybridized carbons (Fsp3) is 0.125. The fourth-order valence-corrected chi connectivity index (χ4v) is 0.326. The van der Waals surface area contributed by atoms with E-state index in [0.717, 1.165) is 6.42 Å². The quantitative estimate of drug-likeness (QED) is 0.383. The van der Waals surface area contributed by atoms with Gasteiger partial charge in [0.15, 0.2) is 0 Å². The van der Waals surface area contributed by atoms with Crippen LogP contribution in [-0.4, -0.2) is 0 Å². The van der Waals surface area contributed by atoms with E-state index in [1.165, 1.54) is 0 Å². The van der Waals surface area contributed by atoms with Gasteiger partial charge in [0.05, 0.1) is 0 Å². The molecule has 0 aliphatic heterocycles. The first kappa shape index (κ1) is 7.00. The minimum absolute atomic E-state index is 0.898. The van der Waals surface area contributed by atoms with E-state index < -0.39 is 0 Å². The number of hydrogen-bond donors (Lipinski definition) is 0. The molecule has 0 aliphatic carbocycles. The van der Waals surface area contributed by atoms with Crippen LogP contribution in [0.4, 0.5) is 0 Å². The summed E-state index contributed by atoms with van der Waals surface area (Å²) in [6.45, 7) is 6.94. The minimum Gasteiger partial charge on any atom is -0.133 e. The Morgan fingerprint density at radius 3 is 2.75 bits per heavy atom. The Bertz CT molecular complexity index is 123. The molecule has 0 rings (SSSR count). The molecule has 0 amide bonds. The molecule has 8 heavy (non-hydrogen) atoms.